The van der Waals surface area contributed by atoms with Gasteiger partial charge in [0.05, 0.1) is 12.2 Å². The van der Waals surface area contributed by atoms with Gasteiger partial charge in [0.15, 0.2) is 4.77 Å². The van der Waals surface area contributed by atoms with Crippen LogP contribution in [0, 0.1) is 4.77 Å². The summed E-state index contributed by atoms with van der Waals surface area (Å²) in [5, 5.41) is 0. The number of rotatable bonds is 2. The Bertz CT molecular complexity index is 855. The molecular formula is C15H18N2O2S2. The van der Waals surface area contributed by atoms with E-state index in [9.17, 15) is 4.79 Å². The van der Waals surface area contributed by atoms with Gasteiger partial charge in [0, 0.05) is 23.4 Å². The number of aromatic nitrogens is 2. The van der Waals surface area contributed by atoms with Crippen molar-refractivity contribution in [2.75, 3.05) is 0 Å². The number of H-pyrrole nitrogens is 1. The average molecular weight is 322 g/mol. The molecule has 0 atom stereocenters. The number of ether oxygens (including phenoxy) is 1. The molecule has 6 heteroatoms. The maximum atomic E-state index is 12.8. The fraction of sp³-hybridized carbons (Fsp3) is 0.467. The molecule has 0 aromatic carbocycles. The van der Waals surface area contributed by atoms with Gasteiger partial charge in [0.2, 0.25) is 5.43 Å². The third-order valence-electron chi connectivity index (χ3n) is 3.62. The molecule has 0 saturated carbocycles. The number of allylic oxidation sites excluding steroid dienone is 1. The molecule has 0 spiro atoms. The SMILES string of the molecule is C=C(C)Cn1c(=S)[nH]c2c(=O)c3c(sc21)COC(C)(C)C3. The number of nitrogens with zero attached hydrogens (tertiary/aromatic N) is 1. The van der Waals surface area contributed by atoms with E-state index in [4.69, 9.17) is 17.0 Å². The number of aromatic amines is 1. The maximum Gasteiger partial charge on any atom is 0.209 e. The highest BCUT2D eigenvalue weighted by molar-refractivity contribution is 7.71. The molecule has 3 rings (SSSR count). The van der Waals surface area contributed by atoms with Crippen molar-refractivity contribution in [2.45, 2.75) is 45.9 Å². The number of nitrogens with one attached hydrogen (secondary N) is 1. The Morgan fingerprint density at radius 2 is 2.29 bits per heavy atom. The van der Waals surface area contributed by atoms with Gasteiger partial charge in [0.25, 0.3) is 0 Å². The van der Waals surface area contributed by atoms with E-state index in [2.05, 4.69) is 11.6 Å². The van der Waals surface area contributed by atoms with Crippen LogP contribution >= 0.6 is 23.6 Å². The summed E-state index contributed by atoms with van der Waals surface area (Å²) < 4.78 is 8.35. The highest BCUT2D eigenvalue weighted by atomic mass is 32.1. The van der Waals surface area contributed by atoms with E-state index < -0.39 is 0 Å². The van der Waals surface area contributed by atoms with Gasteiger partial charge < -0.3 is 14.3 Å². The average Bonchev–Trinajstić information content (AvgIpc) is 2.68. The molecule has 0 radical (unpaired) electrons. The van der Waals surface area contributed by atoms with Crippen LogP contribution in [0.15, 0.2) is 16.9 Å². The first-order valence-electron chi connectivity index (χ1n) is 6.84. The zero-order chi connectivity index (χ0) is 15.4. The third kappa shape index (κ3) is 2.52. The molecule has 2 aromatic heterocycles. The summed E-state index contributed by atoms with van der Waals surface area (Å²) in [7, 11) is 0. The normalized spacial score (nSPS) is 16.9. The van der Waals surface area contributed by atoms with Gasteiger partial charge in [-0.2, -0.15) is 0 Å². The van der Waals surface area contributed by atoms with Crippen LogP contribution in [0.25, 0.3) is 10.3 Å². The number of hydrogen-bond donors (Lipinski definition) is 1. The Labute approximate surface area is 132 Å². The van der Waals surface area contributed by atoms with Crippen molar-refractivity contribution in [2.24, 2.45) is 0 Å². The zero-order valence-electron chi connectivity index (χ0n) is 12.4. The molecule has 3 heterocycles. The lowest BCUT2D eigenvalue weighted by Gasteiger charge is -2.30. The smallest absolute Gasteiger partial charge is 0.209 e. The van der Waals surface area contributed by atoms with Crippen LogP contribution in [0.4, 0.5) is 0 Å². The molecule has 4 nitrogen and oxygen atoms in total. The van der Waals surface area contributed by atoms with E-state index in [1.807, 2.05) is 25.3 Å². The second kappa shape index (κ2) is 4.90. The van der Waals surface area contributed by atoms with Gasteiger partial charge in [-0.3, -0.25) is 4.79 Å². The molecule has 21 heavy (non-hydrogen) atoms. The highest BCUT2D eigenvalue weighted by Gasteiger charge is 2.30. The molecule has 0 fully saturated rings. The van der Waals surface area contributed by atoms with Gasteiger partial charge in [-0.1, -0.05) is 12.2 Å². The number of hydrogen-bond acceptors (Lipinski definition) is 4. The molecule has 0 unspecified atom stereocenters. The quantitative estimate of drug-likeness (QED) is 0.679. The summed E-state index contributed by atoms with van der Waals surface area (Å²) in [6.07, 6.45) is 0.639. The number of fused-ring (bicyclic) bond motifs is 2. The van der Waals surface area contributed by atoms with Crippen LogP contribution in [0.1, 0.15) is 31.2 Å². The van der Waals surface area contributed by atoms with E-state index in [1.54, 1.807) is 11.3 Å². The van der Waals surface area contributed by atoms with E-state index >= 15 is 0 Å². The Morgan fingerprint density at radius 1 is 1.57 bits per heavy atom. The largest absolute Gasteiger partial charge is 0.370 e. The first kappa shape index (κ1) is 14.7. The summed E-state index contributed by atoms with van der Waals surface area (Å²) >= 11 is 6.95. The van der Waals surface area contributed by atoms with Crippen molar-refractivity contribution in [3.05, 3.63) is 37.6 Å². The molecule has 112 valence electrons. The maximum absolute atomic E-state index is 12.8. The topological polar surface area (TPSA) is 47.0 Å². The summed E-state index contributed by atoms with van der Waals surface area (Å²) in [4.78, 5) is 17.7. The Hall–Kier alpha value is -1.24. The molecule has 0 bridgehead atoms. The summed E-state index contributed by atoms with van der Waals surface area (Å²) in [5.74, 6) is 0. The Morgan fingerprint density at radius 3 is 2.95 bits per heavy atom. The van der Waals surface area contributed by atoms with Gasteiger partial charge in [0.1, 0.15) is 10.3 Å². The molecule has 1 aliphatic heterocycles. The first-order valence-corrected chi connectivity index (χ1v) is 8.07. The second-order valence-corrected chi connectivity index (χ2v) is 7.68. The van der Waals surface area contributed by atoms with Crippen molar-refractivity contribution in [3.63, 3.8) is 0 Å². The molecule has 0 amide bonds. The van der Waals surface area contributed by atoms with E-state index in [0.29, 0.717) is 29.9 Å². The molecule has 1 aliphatic rings. The summed E-state index contributed by atoms with van der Waals surface area (Å²) in [6, 6.07) is 0. The standard InChI is InChI=1S/C15H18N2O2S2/c1-8(2)6-17-13-11(16-14(17)20)12(18)9-5-15(3,4)19-7-10(9)21-13/h1,5-7H2,2-4H3,(H,16,20). The Balaban J connectivity index is 2.28. The highest BCUT2D eigenvalue weighted by Crippen LogP contribution is 2.31. The van der Waals surface area contributed by atoms with Crippen LogP contribution in [0.2, 0.25) is 0 Å². The van der Waals surface area contributed by atoms with Gasteiger partial charge in [-0.15, -0.1) is 11.3 Å². The van der Waals surface area contributed by atoms with Crippen LogP contribution in [0.5, 0.6) is 0 Å². The predicted molar refractivity (Wildman–Crippen MR) is 88.7 cm³/mol. The molecule has 2 aromatic rings. The van der Waals surface area contributed by atoms with Crippen molar-refractivity contribution >= 4 is 33.9 Å². The van der Waals surface area contributed by atoms with E-state index in [1.165, 1.54) is 0 Å². The lowest BCUT2D eigenvalue weighted by Crippen LogP contribution is -2.34. The third-order valence-corrected chi connectivity index (χ3v) is 5.17. The van der Waals surface area contributed by atoms with Gasteiger partial charge in [-0.05, 0) is 33.0 Å². The lowest BCUT2D eigenvalue weighted by atomic mass is 9.96. The second-order valence-electron chi connectivity index (χ2n) is 6.21. The molecular weight excluding hydrogens is 304 g/mol. The fourth-order valence-corrected chi connectivity index (χ4v) is 4.08. The fourth-order valence-electron chi connectivity index (χ4n) is 2.62. The zero-order valence-corrected chi connectivity index (χ0v) is 14.0. The van der Waals surface area contributed by atoms with E-state index in [0.717, 1.165) is 20.8 Å². The van der Waals surface area contributed by atoms with Crippen molar-refractivity contribution in [1.82, 2.24) is 9.55 Å². The predicted octanol–water partition coefficient (Wildman–Crippen LogP) is 3.55. The monoisotopic (exact) mass is 322 g/mol. The van der Waals surface area contributed by atoms with Crippen molar-refractivity contribution in [1.29, 1.82) is 0 Å². The summed E-state index contributed by atoms with van der Waals surface area (Å²) in [6.45, 7) is 11.0. The van der Waals surface area contributed by atoms with Crippen LogP contribution in [0.3, 0.4) is 0 Å². The van der Waals surface area contributed by atoms with Gasteiger partial charge in [-0.25, -0.2) is 0 Å². The molecule has 0 aliphatic carbocycles. The van der Waals surface area contributed by atoms with Crippen LogP contribution in [-0.2, 0) is 24.3 Å². The van der Waals surface area contributed by atoms with Crippen molar-refractivity contribution < 1.29 is 4.74 Å². The van der Waals surface area contributed by atoms with Crippen molar-refractivity contribution in [3.8, 4) is 0 Å². The minimum absolute atomic E-state index is 0.0571. The number of imidazole rings is 1. The van der Waals surface area contributed by atoms with Crippen LogP contribution in [-0.4, -0.2) is 15.2 Å². The minimum atomic E-state index is -0.288. The first-order chi connectivity index (χ1) is 9.78. The van der Waals surface area contributed by atoms with Crippen LogP contribution < -0.4 is 5.43 Å². The molecule has 1 N–H and O–H groups in total. The summed E-state index contributed by atoms with van der Waals surface area (Å²) in [5.41, 5.74) is 2.25. The van der Waals surface area contributed by atoms with E-state index in [-0.39, 0.29) is 11.0 Å². The minimum Gasteiger partial charge on any atom is -0.370 e. The molecule has 0 saturated heterocycles. The Kier molecular flexibility index (Phi) is 3.43. The lowest BCUT2D eigenvalue weighted by molar-refractivity contribution is -0.0386. The van der Waals surface area contributed by atoms with Gasteiger partial charge >= 0.3 is 0 Å².